The number of nitrogens with zero attached hydrogens (tertiary/aromatic N) is 2. The number of benzene rings is 3. The molecule has 0 aliphatic rings. The molecule has 1 N–H and O–H groups in total. The molecule has 0 bridgehead atoms. The smallest absolute Gasteiger partial charge is 0.151 e. The minimum absolute atomic E-state index is 0.0128. The summed E-state index contributed by atoms with van der Waals surface area (Å²) in [5, 5.41) is 10.6. The number of rotatable bonds is 7. The lowest BCUT2D eigenvalue weighted by Gasteiger charge is -2.22. The molecular weight excluding hydrogens is 492 g/mol. The molecule has 2 heterocycles. The molecule has 1 atom stereocenters. The summed E-state index contributed by atoms with van der Waals surface area (Å²) in [6.45, 7) is 0.0128. The van der Waals surface area contributed by atoms with E-state index >= 15 is 0 Å². The Labute approximate surface area is 206 Å². The molecule has 0 radical (unpaired) electrons. The number of hydrogen-bond acceptors (Lipinski definition) is 3. The van der Waals surface area contributed by atoms with Gasteiger partial charge in [0.15, 0.2) is 5.82 Å². The van der Waals surface area contributed by atoms with Gasteiger partial charge in [-0.05, 0) is 40.0 Å². The second-order valence-corrected chi connectivity index (χ2v) is 10.3. The minimum Gasteiger partial charge on any atom is -0.394 e. The Morgan fingerprint density at radius 1 is 0.788 bits per heavy atom. The van der Waals surface area contributed by atoms with Crippen molar-refractivity contribution in [2.75, 3.05) is 6.61 Å². The van der Waals surface area contributed by atoms with Gasteiger partial charge in [-0.3, -0.25) is 0 Å². The highest BCUT2D eigenvalue weighted by molar-refractivity contribution is 9.11. The van der Waals surface area contributed by atoms with E-state index in [2.05, 4.69) is 69.0 Å². The van der Waals surface area contributed by atoms with Crippen molar-refractivity contribution in [3.8, 4) is 33.2 Å². The van der Waals surface area contributed by atoms with Gasteiger partial charge in [0, 0.05) is 11.1 Å². The number of thiophene rings is 1. The van der Waals surface area contributed by atoms with Crippen LogP contribution < -0.4 is 0 Å². The Hall–Kier alpha value is -2.99. The summed E-state index contributed by atoms with van der Waals surface area (Å²) in [5.74, 6) is 0.874. The molecule has 5 aromatic rings. The average molecular weight is 515 g/mol. The van der Waals surface area contributed by atoms with E-state index < -0.39 is 0 Å². The van der Waals surface area contributed by atoms with Crippen molar-refractivity contribution in [2.24, 2.45) is 0 Å². The number of aliphatic hydroxyl groups is 1. The number of imidazole rings is 1. The van der Waals surface area contributed by atoms with Crippen molar-refractivity contribution in [1.29, 1.82) is 0 Å². The number of aromatic nitrogens is 2. The highest BCUT2D eigenvalue weighted by Crippen LogP contribution is 2.41. The van der Waals surface area contributed by atoms with Crippen molar-refractivity contribution in [3.63, 3.8) is 0 Å². The van der Waals surface area contributed by atoms with Gasteiger partial charge in [0.25, 0.3) is 0 Å². The monoisotopic (exact) mass is 514 g/mol. The zero-order valence-corrected chi connectivity index (χ0v) is 20.3. The first-order valence-corrected chi connectivity index (χ1v) is 12.5. The summed E-state index contributed by atoms with van der Waals surface area (Å²) < 4.78 is 3.29. The Morgan fingerprint density at radius 2 is 1.39 bits per heavy atom. The molecule has 5 heteroatoms. The average Bonchev–Trinajstić information content (AvgIpc) is 3.48. The molecule has 0 saturated heterocycles. The SMILES string of the molecule is OC[C@H](Cc1ccccc1)n1c(-c2ccc(Br)s2)nc(-c2ccccc2)c1-c1ccccc1. The third kappa shape index (κ3) is 4.58. The fourth-order valence-corrected chi connectivity index (χ4v) is 5.56. The zero-order valence-electron chi connectivity index (χ0n) is 17.9. The molecule has 5 rings (SSSR count). The normalized spacial score (nSPS) is 12.1. The summed E-state index contributed by atoms with van der Waals surface area (Å²) in [7, 11) is 0. The van der Waals surface area contributed by atoms with Crippen molar-refractivity contribution in [1.82, 2.24) is 9.55 Å². The molecule has 0 fully saturated rings. The van der Waals surface area contributed by atoms with Crippen LogP contribution in [0.25, 0.3) is 33.2 Å². The second-order valence-electron chi connectivity index (χ2n) is 7.86. The van der Waals surface area contributed by atoms with Crippen molar-refractivity contribution >= 4 is 27.3 Å². The van der Waals surface area contributed by atoms with Gasteiger partial charge in [-0.2, -0.15) is 0 Å². The van der Waals surface area contributed by atoms with Crippen LogP contribution in [0.2, 0.25) is 0 Å². The number of halogens is 1. The molecule has 3 aromatic carbocycles. The number of hydrogen-bond donors (Lipinski definition) is 1. The summed E-state index contributed by atoms with van der Waals surface area (Å²) in [6, 6.07) is 35.0. The maximum absolute atomic E-state index is 10.6. The fourth-order valence-electron chi connectivity index (χ4n) is 4.19. The second kappa shape index (κ2) is 9.87. The summed E-state index contributed by atoms with van der Waals surface area (Å²) in [4.78, 5) is 6.26. The van der Waals surface area contributed by atoms with E-state index in [0.29, 0.717) is 6.42 Å². The van der Waals surface area contributed by atoms with Crippen LogP contribution in [0.15, 0.2) is 107 Å². The third-order valence-electron chi connectivity index (χ3n) is 5.69. The standard InChI is InChI=1S/C28H23BrN2OS/c29-25-17-16-24(33-25)28-30-26(21-12-6-2-7-13-21)27(22-14-8-3-9-15-22)31(28)23(19-32)18-20-10-4-1-5-11-20/h1-17,23,32H,18-19H2/t23-/m0/s1. The van der Waals surface area contributed by atoms with E-state index in [1.807, 2.05) is 54.6 Å². The third-order valence-corrected chi connectivity index (χ3v) is 7.31. The van der Waals surface area contributed by atoms with Gasteiger partial charge in [-0.1, -0.05) is 91.0 Å². The molecule has 164 valence electrons. The predicted molar refractivity (Wildman–Crippen MR) is 140 cm³/mol. The van der Waals surface area contributed by atoms with Gasteiger partial charge < -0.3 is 9.67 Å². The molecule has 0 spiro atoms. The van der Waals surface area contributed by atoms with E-state index in [4.69, 9.17) is 4.98 Å². The molecule has 3 nitrogen and oxygen atoms in total. The first-order chi connectivity index (χ1) is 16.2. The first-order valence-electron chi connectivity index (χ1n) is 10.9. The molecule has 0 aliphatic heterocycles. The number of aliphatic hydroxyl groups excluding tert-OH is 1. The van der Waals surface area contributed by atoms with Gasteiger partial charge in [-0.15, -0.1) is 11.3 Å². The van der Waals surface area contributed by atoms with E-state index in [-0.39, 0.29) is 12.6 Å². The lowest BCUT2D eigenvalue weighted by molar-refractivity contribution is 0.229. The molecular formula is C28H23BrN2OS. The van der Waals surface area contributed by atoms with Crippen molar-refractivity contribution < 1.29 is 5.11 Å². The van der Waals surface area contributed by atoms with Crippen molar-refractivity contribution in [3.05, 3.63) is 112 Å². The molecule has 0 unspecified atom stereocenters. The topological polar surface area (TPSA) is 38.0 Å². The molecule has 33 heavy (non-hydrogen) atoms. The minimum atomic E-state index is -0.163. The van der Waals surface area contributed by atoms with Crippen LogP contribution in [0.3, 0.4) is 0 Å². The zero-order chi connectivity index (χ0) is 22.6. The Morgan fingerprint density at radius 3 is 1.97 bits per heavy atom. The van der Waals surface area contributed by atoms with Crippen LogP contribution in [0.5, 0.6) is 0 Å². The summed E-state index contributed by atoms with van der Waals surface area (Å²) in [6.07, 6.45) is 0.710. The van der Waals surface area contributed by atoms with Crippen LogP contribution in [0, 0.1) is 0 Å². The lowest BCUT2D eigenvalue weighted by atomic mass is 10.0. The Bertz CT molecular complexity index is 1330. The van der Waals surface area contributed by atoms with Crippen molar-refractivity contribution in [2.45, 2.75) is 12.5 Å². The van der Waals surface area contributed by atoms with Gasteiger partial charge in [-0.25, -0.2) is 4.98 Å². The highest BCUT2D eigenvalue weighted by Gasteiger charge is 2.26. The van der Waals surface area contributed by atoms with Gasteiger partial charge in [0.1, 0.15) is 0 Å². The molecule has 0 saturated carbocycles. The Kier molecular flexibility index (Phi) is 6.53. The first kappa shape index (κ1) is 21.8. The van der Waals surface area contributed by atoms with E-state index in [1.165, 1.54) is 5.56 Å². The van der Waals surface area contributed by atoms with Crippen LogP contribution >= 0.6 is 27.3 Å². The van der Waals surface area contributed by atoms with Crippen LogP contribution in [-0.2, 0) is 6.42 Å². The van der Waals surface area contributed by atoms with Gasteiger partial charge in [0.2, 0.25) is 0 Å². The lowest BCUT2D eigenvalue weighted by Crippen LogP contribution is -2.18. The predicted octanol–water partition coefficient (Wildman–Crippen LogP) is 7.48. The maximum atomic E-state index is 10.6. The quantitative estimate of drug-likeness (QED) is 0.244. The maximum Gasteiger partial charge on any atom is 0.151 e. The van der Waals surface area contributed by atoms with E-state index in [9.17, 15) is 5.11 Å². The van der Waals surface area contributed by atoms with Gasteiger partial charge >= 0.3 is 0 Å². The fraction of sp³-hybridized carbons (Fsp3) is 0.107. The van der Waals surface area contributed by atoms with Crippen LogP contribution in [-0.4, -0.2) is 21.3 Å². The van der Waals surface area contributed by atoms with Crippen LogP contribution in [0.4, 0.5) is 0 Å². The molecule has 0 aliphatic carbocycles. The van der Waals surface area contributed by atoms with Gasteiger partial charge in [0.05, 0.1) is 32.7 Å². The summed E-state index contributed by atoms with van der Waals surface area (Å²) >= 11 is 5.26. The van der Waals surface area contributed by atoms with E-state index in [1.54, 1.807) is 11.3 Å². The highest BCUT2D eigenvalue weighted by atomic mass is 79.9. The van der Waals surface area contributed by atoms with Crippen LogP contribution in [0.1, 0.15) is 11.6 Å². The Balaban J connectivity index is 1.78. The molecule has 0 amide bonds. The summed E-state index contributed by atoms with van der Waals surface area (Å²) in [5.41, 5.74) is 5.27. The molecule has 2 aromatic heterocycles. The largest absolute Gasteiger partial charge is 0.394 e. The van der Waals surface area contributed by atoms with E-state index in [0.717, 1.165) is 37.0 Å².